The van der Waals surface area contributed by atoms with Crippen molar-refractivity contribution in [3.05, 3.63) is 0 Å². The van der Waals surface area contributed by atoms with Crippen LogP contribution in [0.4, 0.5) is 0 Å². The van der Waals surface area contributed by atoms with Crippen LogP contribution in [0.2, 0.25) is 0 Å². The Bertz CT molecular complexity index is 349. The third-order valence-corrected chi connectivity index (χ3v) is 6.79. The van der Waals surface area contributed by atoms with Crippen molar-refractivity contribution < 1.29 is 9.53 Å². The molecule has 0 unspecified atom stereocenters. The van der Waals surface area contributed by atoms with Crippen LogP contribution < -0.4 is 0 Å². The van der Waals surface area contributed by atoms with Gasteiger partial charge < -0.3 is 4.74 Å². The van der Waals surface area contributed by atoms with Crippen molar-refractivity contribution in [2.75, 3.05) is 0 Å². The lowest BCUT2D eigenvalue weighted by Crippen LogP contribution is -2.24. The highest BCUT2D eigenvalue weighted by Crippen LogP contribution is 2.37. The summed E-state index contributed by atoms with van der Waals surface area (Å²) in [5, 5.41) is 0. The fourth-order valence-electron chi connectivity index (χ4n) is 5.09. The Balaban J connectivity index is 1.49. The molecule has 2 heteroatoms. The van der Waals surface area contributed by atoms with E-state index in [1.165, 1.54) is 96.8 Å². The van der Waals surface area contributed by atoms with E-state index >= 15 is 0 Å². The van der Waals surface area contributed by atoms with E-state index in [1.807, 2.05) is 0 Å². The van der Waals surface area contributed by atoms with Gasteiger partial charge in [0.05, 0.1) is 0 Å². The summed E-state index contributed by atoms with van der Waals surface area (Å²) in [6.45, 7) is 3.83. The first kappa shape index (κ1) is 20.8. The summed E-state index contributed by atoms with van der Waals surface area (Å²) >= 11 is 0. The lowest BCUT2D eigenvalue weighted by atomic mass is 9.76. The normalized spacial score (nSPS) is 30.2. The molecule has 2 aliphatic rings. The molecule has 0 saturated heterocycles. The number of hydrogen-bond donors (Lipinski definition) is 0. The summed E-state index contributed by atoms with van der Waals surface area (Å²) in [5.41, 5.74) is 0. The summed E-state index contributed by atoms with van der Waals surface area (Å²) in [5.74, 6) is 2.83. The Kier molecular flexibility index (Phi) is 9.94. The average Bonchev–Trinajstić information content (AvgIpc) is 2.61. The minimum Gasteiger partial charge on any atom is -0.463 e. The predicted molar refractivity (Wildman–Crippen MR) is 106 cm³/mol. The maximum Gasteiger partial charge on any atom is 0.302 e. The third-order valence-electron chi connectivity index (χ3n) is 6.79. The maximum atomic E-state index is 11.0. The average molecular weight is 351 g/mol. The van der Waals surface area contributed by atoms with Gasteiger partial charge in [-0.15, -0.1) is 0 Å². The van der Waals surface area contributed by atoms with Gasteiger partial charge in [0.15, 0.2) is 0 Å². The summed E-state index contributed by atoms with van der Waals surface area (Å²) in [4.78, 5) is 11.0. The number of ether oxygens (including phenoxy) is 1. The number of esters is 1. The fourth-order valence-corrected chi connectivity index (χ4v) is 5.09. The van der Waals surface area contributed by atoms with Crippen molar-refractivity contribution in [2.45, 2.75) is 123 Å². The van der Waals surface area contributed by atoms with E-state index in [0.717, 1.165) is 30.6 Å². The molecule has 0 heterocycles. The molecule has 2 aliphatic carbocycles. The predicted octanol–water partition coefficient (Wildman–Crippen LogP) is 7.06. The molecule has 0 aromatic rings. The second-order valence-corrected chi connectivity index (χ2v) is 8.92. The van der Waals surface area contributed by atoms with Crippen molar-refractivity contribution in [2.24, 2.45) is 17.8 Å². The summed E-state index contributed by atoms with van der Waals surface area (Å²) in [6, 6.07) is 0. The highest BCUT2D eigenvalue weighted by molar-refractivity contribution is 5.66. The van der Waals surface area contributed by atoms with Gasteiger partial charge in [0.2, 0.25) is 0 Å². The molecule has 0 aromatic carbocycles. The second-order valence-electron chi connectivity index (χ2n) is 8.92. The first-order valence-corrected chi connectivity index (χ1v) is 11.3. The summed E-state index contributed by atoms with van der Waals surface area (Å²) in [6.07, 6.45) is 22.4. The van der Waals surface area contributed by atoms with Crippen LogP contribution in [0, 0.1) is 17.8 Å². The minimum atomic E-state index is -0.106. The molecule has 146 valence electrons. The monoisotopic (exact) mass is 350 g/mol. The van der Waals surface area contributed by atoms with Gasteiger partial charge in [0, 0.05) is 6.92 Å². The molecular formula is C23H42O2. The molecule has 0 radical (unpaired) electrons. The molecule has 2 rings (SSSR count). The molecular weight excluding hydrogens is 308 g/mol. The van der Waals surface area contributed by atoms with E-state index in [-0.39, 0.29) is 12.1 Å². The van der Waals surface area contributed by atoms with Crippen LogP contribution in [-0.2, 0) is 9.53 Å². The molecule has 0 N–H and O–H groups in total. The zero-order valence-electron chi connectivity index (χ0n) is 16.9. The molecule has 2 nitrogen and oxygen atoms in total. The molecule has 0 aromatic heterocycles. The van der Waals surface area contributed by atoms with E-state index < -0.39 is 0 Å². The molecule has 0 atom stereocenters. The van der Waals surface area contributed by atoms with Crippen LogP contribution in [-0.4, -0.2) is 12.1 Å². The van der Waals surface area contributed by atoms with Crippen molar-refractivity contribution in [3.8, 4) is 0 Å². The molecule has 0 aliphatic heterocycles. The number of unbranched alkanes of at least 4 members (excludes halogenated alkanes) is 4. The largest absolute Gasteiger partial charge is 0.463 e. The standard InChI is InChI=1S/C23H42O2/c1-3-4-5-6-7-8-20-9-11-21(12-10-20)13-14-22-15-17-23(18-16-22)25-19(2)24/h20-23H,3-18H2,1-2H3/t20-,21-,22-,23-. The summed E-state index contributed by atoms with van der Waals surface area (Å²) < 4.78 is 5.36. The van der Waals surface area contributed by atoms with E-state index in [2.05, 4.69) is 6.92 Å². The molecule has 0 spiro atoms. The second kappa shape index (κ2) is 12.0. The third kappa shape index (κ3) is 8.60. The molecule has 0 amide bonds. The zero-order chi connectivity index (χ0) is 17.9. The molecule has 0 bridgehead atoms. The van der Waals surface area contributed by atoms with Gasteiger partial charge in [-0.25, -0.2) is 0 Å². The SMILES string of the molecule is CCCCCCC[C@H]1CC[C@H](CC[C@H]2CC[C@H](OC(C)=O)CC2)CC1. The van der Waals surface area contributed by atoms with Gasteiger partial charge in [0.25, 0.3) is 0 Å². The number of carbonyl (C=O) groups is 1. The number of hydrogen-bond acceptors (Lipinski definition) is 2. The number of rotatable bonds is 10. The fraction of sp³-hybridized carbons (Fsp3) is 0.957. The van der Waals surface area contributed by atoms with Crippen molar-refractivity contribution >= 4 is 5.97 Å². The Morgan fingerprint density at radius 1 is 0.720 bits per heavy atom. The van der Waals surface area contributed by atoms with Gasteiger partial charge in [-0.05, 0) is 43.4 Å². The van der Waals surface area contributed by atoms with Crippen LogP contribution in [0.3, 0.4) is 0 Å². The smallest absolute Gasteiger partial charge is 0.302 e. The van der Waals surface area contributed by atoms with Crippen molar-refractivity contribution in [1.82, 2.24) is 0 Å². The van der Waals surface area contributed by atoms with Crippen molar-refractivity contribution in [1.29, 1.82) is 0 Å². The lowest BCUT2D eigenvalue weighted by molar-refractivity contribution is -0.148. The molecule has 2 fully saturated rings. The van der Waals surface area contributed by atoms with E-state index in [0.29, 0.717) is 0 Å². The van der Waals surface area contributed by atoms with Crippen LogP contribution in [0.25, 0.3) is 0 Å². The zero-order valence-corrected chi connectivity index (χ0v) is 16.9. The van der Waals surface area contributed by atoms with Crippen LogP contribution in [0.5, 0.6) is 0 Å². The van der Waals surface area contributed by atoms with Gasteiger partial charge in [-0.3, -0.25) is 4.79 Å². The highest BCUT2D eigenvalue weighted by atomic mass is 16.5. The van der Waals surface area contributed by atoms with Crippen LogP contribution in [0.15, 0.2) is 0 Å². The number of carbonyl (C=O) groups excluding carboxylic acids is 1. The highest BCUT2D eigenvalue weighted by Gasteiger charge is 2.25. The molecule has 25 heavy (non-hydrogen) atoms. The van der Waals surface area contributed by atoms with Crippen molar-refractivity contribution in [3.63, 3.8) is 0 Å². The Labute approximate surface area is 156 Å². The van der Waals surface area contributed by atoms with Gasteiger partial charge >= 0.3 is 5.97 Å². The Morgan fingerprint density at radius 3 is 1.72 bits per heavy atom. The maximum absolute atomic E-state index is 11.0. The summed E-state index contributed by atoms with van der Waals surface area (Å²) in [7, 11) is 0. The quantitative estimate of drug-likeness (QED) is 0.311. The lowest BCUT2D eigenvalue weighted by Gasteiger charge is -2.31. The van der Waals surface area contributed by atoms with E-state index in [1.54, 1.807) is 0 Å². The van der Waals surface area contributed by atoms with E-state index in [9.17, 15) is 4.79 Å². The van der Waals surface area contributed by atoms with Crippen LogP contribution >= 0.6 is 0 Å². The first-order valence-electron chi connectivity index (χ1n) is 11.3. The van der Waals surface area contributed by atoms with Gasteiger partial charge in [-0.1, -0.05) is 84.0 Å². The first-order chi connectivity index (χ1) is 12.2. The Morgan fingerprint density at radius 2 is 1.20 bits per heavy atom. The van der Waals surface area contributed by atoms with E-state index in [4.69, 9.17) is 4.74 Å². The van der Waals surface area contributed by atoms with Crippen LogP contribution in [0.1, 0.15) is 117 Å². The molecule has 2 saturated carbocycles. The van der Waals surface area contributed by atoms with Gasteiger partial charge in [-0.2, -0.15) is 0 Å². The topological polar surface area (TPSA) is 26.3 Å². The minimum absolute atomic E-state index is 0.106. The van der Waals surface area contributed by atoms with Gasteiger partial charge in [0.1, 0.15) is 6.10 Å². The Hall–Kier alpha value is -0.530.